The Morgan fingerprint density at radius 2 is 1.72 bits per heavy atom. The average molecular weight is 390 g/mol. The standard InChI is InChI=1S/C22H23N5O2/c1-15-8-7-11-17(12-15)14-27-18-19(25(2)22(29)26(3)20(18)28)24-21(27)23-13-16-9-5-4-6-10-16/h4-12,18H,13-14H2,1-3H3/p+1. The third-order valence-electron chi connectivity index (χ3n) is 5.26. The van der Waals surface area contributed by atoms with Crippen LogP contribution in [0.2, 0.25) is 0 Å². The van der Waals surface area contributed by atoms with Crippen molar-refractivity contribution in [3.8, 4) is 0 Å². The van der Waals surface area contributed by atoms with Gasteiger partial charge in [-0.1, -0.05) is 65.2 Å². The minimum Gasteiger partial charge on any atom is -0.271 e. The summed E-state index contributed by atoms with van der Waals surface area (Å²) >= 11 is 0. The number of likely N-dealkylation sites (N-methyl/N-ethyl adjacent to an activating group) is 2. The first-order valence-corrected chi connectivity index (χ1v) is 9.56. The molecule has 29 heavy (non-hydrogen) atoms. The van der Waals surface area contributed by atoms with Crippen LogP contribution < -0.4 is 5.32 Å². The Balaban J connectivity index is 1.70. The van der Waals surface area contributed by atoms with Gasteiger partial charge >= 0.3 is 12.0 Å². The monoisotopic (exact) mass is 390 g/mol. The molecule has 2 aliphatic rings. The van der Waals surface area contributed by atoms with E-state index in [9.17, 15) is 9.59 Å². The molecule has 2 aromatic rings. The molecular formula is C22H24N5O2+. The fourth-order valence-electron chi connectivity index (χ4n) is 3.69. The molecule has 1 unspecified atom stereocenters. The predicted molar refractivity (Wildman–Crippen MR) is 111 cm³/mol. The highest BCUT2D eigenvalue weighted by Crippen LogP contribution is 2.20. The lowest BCUT2D eigenvalue weighted by atomic mass is 10.1. The number of carbonyl (C=O) groups is 2. The lowest BCUT2D eigenvalue weighted by Crippen LogP contribution is -2.61. The zero-order chi connectivity index (χ0) is 20.5. The molecule has 0 aliphatic carbocycles. The van der Waals surface area contributed by atoms with Gasteiger partial charge in [0.2, 0.25) is 11.9 Å². The van der Waals surface area contributed by atoms with Gasteiger partial charge in [-0.15, -0.1) is 0 Å². The second-order valence-electron chi connectivity index (χ2n) is 7.39. The fraction of sp³-hybridized carbons (Fsp3) is 0.273. The van der Waals surface area contributed by atoms with Crippen molar-refractivity contribution in [2.75, 3.05) is 14.1 Å². The smallest absolute Gasteiger partial charge is 0.271 e. The zero-order valence-electron chi connectivity index (χ0n) is 16.8. The Hall–Kier alpha value is -3.48. The first kappa shape index (κ1) is 18.9. The quantitative estimate of drug-likeness (QED) is 0.812. The van der Waals surface area contributed by atoms with Crippen molar-refractivity contribution in [3.05, 3.63) is 71.3 Å². The van der Waals surface area contributed by atoms with Crippen LogP contribution in [-0.2, 0) is 17.9 Å². The number of amidine groups is 1. The molecule has 2 aromatic carbocycles. The molecule has 0 radical (unpaired) electrons. The molecule has 3 amide bonds. The van der Waals surface area contributed by atoms with Gasteiger partial charge in [0.05, 0.1) is 13.1 Å². The molecule has 0 saturated carbocycles. The Kier molecular flexibility index (Phi) is 4.88. The molecule has 1 fully saturated rings. The summed E-state index contributed by atoms with van der Waals surface area (Å²) in [5, 5.41) is 3.36. The number of aliphatic imine (C=N–C) groups is 1. The van der Waals surface area contributed by atoms with Crippen molar-refractivity contribution >= 4 is 23.7 Å². The summed E-state index contributed by atoms with van der Waals surface area (Å²) < 4.78 is 1.94. The molecule has 0 aromatic heterocycles. The third-order valence-corrected chi connectivity index (χ3v) is 5.26. The van der Waals surface area contributed by atoms with E-state index in [2.05, 4.69) is 16.4 Å². The number of aryl methyl sites for hydroxylation is 1. The van der Waals surface area contributed by atoms with E-state index < -0.39 is 6.04 Å². The summed E-state index contributed by atoms with van der Waals surface area (Å²) in [5.74, 6) is 0.788. The zero-order valence-corrected chi connectivity index (χ0v) is 16.8. The number of carbonyl (C=O) groups excluding carboxylic acids is 2. The number of nitrogens with zero attached hydrogens (tertiary/aromatic N) is 4. The second-order valence-corrected chi connectivity index (χ2v) is 7.39. The normalized spacial score (nSPS) is 18.9. The van der Waals surface area contributed by atoms with E-state index in [4.69, 9.17) is 0 Å². The van der Waals surface area contributed by atoms with Gasteiger partial charge in [-0.3, -0.25) is 19.9 Å². The Morgan fingerprint density at radius 1 is 1.00 bits per heavy atom. The molecule has 1 atom stereocenters. The third kappa shape index (κ3) is 3.51. The fourth-order valence-corrected chi connectivity index (χ4v) is 3.69. The van der Waals surface area contributed by atoms with Crippen molar-refractivity contribution in [2.45, 2.75) is 26.1 Å². The highest BCUT2D eigenvalue weighted by Gasteiger charge is 2.51. The number of fused-ring (bicyclic) bond motifs is 1. The van der Waals surface area contributed by atoms with E-state index in [0.29, 0.717) is 24.9 Å². The first-order chi connectivity index (χ1) is 14.0. The number of urea groups is 1. The lowest BCUT2D eigenvalue weighted by molar-refractivity contribution is -0.553. The number of guanidine groups is 1. The number of benzene rings is 2. The van der Waals surface area contributed by atoms with E-state index in [1.807, 2.05) is 60.0 Å². The minimum absolute atomic E-state index is 0.268. The number of nitrogens with one attached hydrogen (secondary N) is 1. The van der Waals surface area contributed by atoms with Gasteiger partial charge in [0.15, 0.2) is 0 Å². The maximum atomic E-state index is 13.0. The minimum atomic E-state index is -0.624. The number of imide groups is 1. The van der Waals surface area contributed by atoms with Crippen LogP contribution in [0.4, 0.5) is 4.79 Å². The van der Waals surface area contributed by atoms with E-state index in [0.717, 1.165) is 21.6 Å². The molecule has 7 nitrogen and oxygen atoms in total. The summed E-state index contributed by atoms with van der Waals surface area (Å²) in [5.41, 5.74) is 3.34. The summed E-state index contributed by atoms with van der Waals surface area (Å²) in [6.45, 7) is 3.13. The van der Waals surface area contributed by atoms with Gasteiger partial charge in [0.25, 0.3) is 5.91 Å². The number of rotatable bonds is 4. The van der Waals surface area contributed by atoms with Crippen molar-refractivity contribution in [2.24, 2.45) is 4.99 Å². The second kappa shape index (κ2) is 7.50. The van der Waals surface area contributed by atoms with Crippen LogP contribution >= 0.6 is 0 Å². The Morgan fingerprint density at radius 3 is 2.45 bits per heavy atom. The molecule has 1 saturated heterocycles. The van der Waals surface area contributed by atoms with E-state index >= 15 is 0 Å². The van der Waals surface area contributed by atoms with Crippen LogP contribution in [0.3, 0.4) is 0 Å². The Bertz CT molecular complexity index is 1030. The summed E-state index contributed by atoms with van der Waals surface area (Å²) in [6, 6.07) is 17.2. The largest absolute Gasteiger partial charge is 0.390 e. The molecule has 148 valence electrons. The van der Waals surface area contributed by atoms with E-state index in [-0.39, 0.29) is 11.9 Å². The molecule has 2 aliphatic heterocycles. The first-order valence-electron chi connectivity index (χ1n) is 9.56. The topological polar surface area (TPSA) is 68.0 Å². The van der Waals surface area contributed by atoms with Gasteiger partial charge in [0, 0.05) is 14.1 Å². The van der Waals surface area contributed by atoms with Crippen molar-refractivity contribution in [1.82, 2.24) is 15.1 Å². The van der Waals surface area contributed by atoms with Crippen molar-refractivity contribution < 1.29 is 14.2 Å². The highest BCUT2D eigenvalue weighted by molar-refractivity contribution is 6.22. The average Bonchev–Trinajstić information content (AvgIpc) is 3.08. The highest BCUT2D eigenvalue weighted by atomic mass is 16.2. The maximum Gasteiger partial charge on any atom is 0.390 e. The van der Waals surface area contributed by atoms with Crippen LogP contribution in [0.1, 0.15) is 16.7 Å². The van der Waals surface area contributed by atoms with Gasteiger partial charge < -0.3 is 0 Å². The predicted octanol–water partition coefficient (Wildman–Crippen LogP) is 1.96. The SMILES string of the molecule is Cc1cccc(C[N+]2=C(NCc3ccccc3)N=C3C2C(=O)N(C)C(=O)N3C)c1. The van der Waals surface area contributed by atoms with Crippen LogP contribution in [0.15, 0.2) is 59.6 Å². The molecule has 2 heterocycles. The Labute approximate surface area is 170 Å². The molecular weight excluding hydrogens is 366 g/mol. The van der Waals surface area contributed by atoms with Crippen LogP contribution in [-0.4, -0.2) is 58.2 Å². The maximum absolute atomic E-state index is 13.0. The van der Waals surface area contributed by atoms with Gasteiger partial charge in [-0.2, -0.15) is 0 Å². The molecule has 0 bridgehead atoms. The van der Waals surface area contributed by atoms with Crippen molar-refractivity contribution in [3.63, 3.8) is 0 Å². The van der Waals surface area contributed by atoms with E-state index in [1.54, 1.807) is 7.05 Å². The molecule has 7 heteroatoms. The molecule has 4 rings (SSSR count). The number of hydrogen-bond donors (Lipinski definition) is 1. The lowest BCUT2D eigenvalue weighted by Gasteiger charge is -2.31. The van der Waals surface area contributed by atoms with Gasteiger partial charge in [-0.05, 0) is 18.1 Å². The van der Waals surface area contributed by atoms with Crippen molar-refractivity contribution in [1.29, 1.82) is 0 Å². The van der Waals surface area contributed by atoms with Crippen LogP contribution in [0.25, 0.3) is 0 Å². The van der Waals surface area contributed by atoms with Gasteiger partial charge in [-0.25, -0.2) is 9.37 Å². The summed E-state index contributed by atoms with van der Waals surface area (Å²) in [6.07, 6.45) is 0. The molecule has 0 spiro atoms. The summed E-state index contributed by atoms with van der Waals surface area (Å²) in [7, 11) is 3.17. The van der Waals surface area contributed by atoms with Crippen LogP contribution in [0, 0.1) is 6.92 Å². The molecule has 1 N–H and O–H groups in total. The van der Waals surface area contributed by atoms with Crippen LogP contribution in [0.5, 0.6) is 0 Å². The number of amides is 3. The van der Waals surface area contributed by atoms with Gasteiger partial charge in [0.1, 0.15) is 0 Å². The van der Waals surface area contributed by atoms with E-state index in [1.165, 1.54) is 11.9 Å². The summed E-state index contributed by atoms with van der Waals surface area (Å²) in [4.78, 5) is 32.6. The number of hydrogen-bond acceptors (Lipinski definition) is 4.